The number of rotatable bonds is 5. The largest absolute Gasteiger partial charge is 0.496 e. The zero-order valence-electron chi connectivity index (χ0n) is 16.4. The average molecular weight is 419 g/mol. The van der Waals surface area contributed by atoms with Crippen LogP contribution in [0.5, 0.6) is 5.75 Å². The third kappa shape index (κ3) is 3.90. The van der Waals surface area contributed by atoms with Gasteiger partial charge in [0, 0.05) is 5.02 Å². The number of carbonyl (C=O) groups is 1. The van der Waals surface area contributed by atoms with Crippen LogP contribution in [0.25, 0.3) is 22.0 Å². The van der Waals surface area contributed by atoms with Gasteiger partial charge in [-0.3, -0.25) is 9.89 Å². The summed E-state index contributed by atoms with van der Waals surface area (Å²) in [4.78, 5) is 12.6. The molecular formula is C23H19ClN4O2. The minimum atomic E-state index is -0.388. The maximum atomic E-state index is 12.6. The van der Waals surface area contributed by atoms with Crippen molar-refractivity contribution in [3.8, 4) is 17.0 Å². The van der Waals surface area contributed by atoms with E-state index in [-0.39, 0.29) is 5.91 Å². The molecule has 0 aliphatic rings. The molecule has 6 nitrogen and oxygen atoms in total. The first kappa shape index (κ1) is 19.7. The number of nitrogens with zero attached hydrogens (tertiary/aromatic N) is 2. The van der Waals surface area contributed by atoms with Gasteiger partial charge in [0.1, 0.15) is 11.4 Å². The molecule has 1 heterocycles. The fourth-order valence-corrected chi connectivity index (χ4v) is 3.33. The second kappa shape index (κ2) is 8.39. The molecule has 0 spiro atoms. The second-order valence-corrected chi connectivity index (χ2v) is 7.11. The molecule has 2 N–H and O–H groups in total. The summed E-state index contributed by atoms with van der Waals surface area (Å²) in [6.07, 6.45) is 0. The average Bonchev–Trinajstić information content (AvgIpc) is 3.26. The van der Waals surface area contributed by atoms with E-state index in [0.29, 0.717) is 27.9 Å². The van der Waals surface area contributed by atoms with Crippen molar-refractivity contribution in [2.45, 2.75) is 6.92 Å². The molecular weight excluding hydrogens is 400 g/mol. The molecule has 150 valence electrons. The summed E-state index contributed by atoms with van der Waals surface area (Å²) in [5, 5.41) is 14.0. The lowest BCUT2D eigenvalue weighted by Gasteiger charge is -2.09. The van der Waals surface area contributed by atoms with Crippen LogP contribution < -0.4 is 10.2 Å². The fourth-order valence-electron chi connectivity index (χ4n) is 3.20. The van der Waals surface area contributed by atoms with E-state index >= 15 is 0 Å². The van der Waals surface area contributed by atoms with Gasteiger partial charge in [-0.25, -0.2) is 5.43 Å². The Morgan fingerprint density at radius 3 is 2.63 bits per heavy atom. The van der Waals surface area contributed by atoms with Gasteiger partial charge in [0.25, 0.3) is 5.91 Å². The van der Waals surface area contributed by atoms with Crippen LogP contribution in [0.1, 0.15) is 23.0 Å². The number of hydrogen-bond acceptors (Lipinski definition) is 4. The Balaban J connectivity index is 1.60. The molecule has 0 unspecified atom stereocenters. The number of halogens is 1. The standard InChI is InChI=1S/C23H19ClN4O2/c1-14(15-7-10-17(24)11-8-15)25-28-23(29)20-13-19(26-27-20)22-18-6-4-3-5-16(18)9-12-21(22)30-2/h3-13H,1-2H3,(H,26,27)(H,28,29)/b25-14-. The number of hydrogen-bond donors (Lipinski definition) is 2. The summed E-state index contributed by atoms with van der Waals surface area (Å²) in [7, 11) is 1.61. The number of methoxy groups -OCH3 is 1. The molecule has 30 heavy (non-hydrogen) atoms. The molecule has 4 aromatic rings. The Morgan fingerprint density at radius 1 is 1.10 bits per heavy atom. The van der Waals surface area contributed by atoms with Crippen LogP contribution in [0.15, 0.2) is 71.8 Å². The molecule has 1 aromatic heterocycles. The zero-order valence-corrected chi connectivity index (χ0v) is 17.2. The van der Waals surface area contributed by atoms with Gasteiger partial charge >= 0.3 is 0 Å². The van der Waals surface area contributed by atoms with Crippen molar-refractivity contribution in [2.24, 2.45) is 5.10 Å². The maximum absolute atomic E-state index is 12.6. The van der Waals surface area contributed by atoms with Crippen LogP contribution >= 0.6 is 11.6 Å². The Bertz CT molecular complexity index is 1250. The topological polar surface area (TPSA) is 79.4 Å². The van der Waals surface area contributed by atoms with Crippen LogP contribution in [-0.4, -0.2) is 28.9 Å². The SMILES string of the molecule is COc1ccc2ccccc2c1-c1cc(C(=O)N/N=C(/C)c2ccc(Cl)cc2)[nH]n1. The highest BCUT2D eigenvalue weighted by molar-refractivity contribution is 6.30. The molecule has 0 aliphatic heterocycles. The molecule has 0 radical (unpaired) electrons. The van der Waals surface area contributed by atoms with Crippen molar-refractivity contribution in [1.29, 1.82) is 0 Å². The first-order valence-corrected chi connectivity index (χ1v) is 9.66. The number of benzene rings is 3. The van der Waals surface area contributed by atoms with E-state index in [1.165, 1.54) is 0 Å². The highest BCUT2D eigenvalue weighted by Crippen LogP contribution is 2.36. The number of amides is 1. The number of carbonyl (C=O) groups excluding carboxylic acids is 1. The number of aromatic nitrogens is 2. The van der Waals surface area contributed by atoms with E-state index in [2.05, 4.69) is 20.7 Å². The second-order valence-electron chi connectivity index (χ2n) is 6.68. The Hall–Kier alpha value is -3.64. The van der Waals surface area contributed by atoms with Gasteiger partial charge in [0.15, 0.2) is 0 Å². The van der Waals surface area contributed by atoms with Crippen LogP contribution in [0.3, 0.4) is 0 Å². The van der Waals surface area contributed by atoms with Gasteiger partial charge in [-0.05, 0) is 47.5 Å². The summed E-state index contributed by atoms with van der Waals surface area (Å²) in [6, 6.07) is 20.8. The molecule has 0 saturated carbocycles. The molecule has 0 bridgehead atoms. The van der Waals surface area contributed by atoms with E-state index in [9.17, 15) is 4.79 Å². The van der Waals surface area contributed by atoms with Gasteiger partial charge in [-0.2, -0.15) is 10.2 Å². The van der Waals surface area contributed by atoms with E-state index in [1.807, 2.05) is 55.5 Å². The Kier molecular flexibility index (Phi) is 5.50. The van der Waals surface area contributed by atoms with Crippen molar-refractivity contribution in [3.05, 3.63) is 83.0 Å². The van der Waals surface area contributed by atoms with Crippen LogP contribution in [0, 0.1) is 0 Å². The predicted octanol–water partition coefficient (Wildman–Crippen LogP) is 5.05. The first-order chi connectivity index (χ1) is 14.6. The molecule has 0 aliphatic carbocycles. The third-order valence-corrected chi connectivity index (χ3v) is 5.03. The quantitative estimate of drug-likeness (QED) is 0.351. The summed E-state index contributed by atoms with van der Waals surface area (Å²) in [6.45, 7) is 1.81. The van der Waals surface area contributed by atoms with Gasteiger partial charge in [-0.15, -0.1) is 0 Å². The van der Waals surface area contributed by atoms with Crippen LogP contribution in [-0.2, 0) is 0 Å². The minimum Gasteiger partial charge on any atom is -0.496 e. The monoisotopic (exact) mass is 418 g/mol. The molecule has 7 heteroatoms. The number of aromatic amines is 1. The smallest absolute Gasteiger partial charge is 0.289 e. The van der Waals surface area contributed by atoms with Crippen LogP contribution in [0.4, 0.5) is 0 Å². The highest BCUT2D eigenvalue weighted by Gasteiger charge is 2.16. The summed E-state index contributed by atoms with van der Waals surface area (Å²) in [5.74, 6) is 0.296. The molecule has 1 amide bonds. The van der Waals surface area contributed by atoms with E-state index in [0.717, 1.165) is 21.9 Å². The van der Waals surface area contributed by atoms with Crippen molar-refractivity contribution < 1.29 is 9.53 Å². The Labute approximate surface area is 178 Å². The van der Waals surface area contributed by atoms with E-state index < -0.39 is 0 Å². The van der Waals surface area contributed by atoms with Crippen molar-refractivity contribution >= 4 is 34.0 Å². The molecule has 0 fully saturated rings. The zero-order chi connectivity index (χ0) is 21.1. The normalized spacial score (nSPS) is 11.5. The number of hydrazone groups is 1. The fraction of sp³-hybridized carbons (Fsp3) is 0.0870. The van der Waals surface area contributed by atoms with Gasteiger partial charge in [-0.1, -0.05) is 54.1 Å². The van der Waals surface area contributed by atoms with Gasteiger partial charge in [0.2, 0.25) is 0 Å². The predicted molar refractivity (Wildman–Crippen MR) is 119 cm³/mol. The van der Waals surface area contributed by atoms with Crippen molar-refractivity contribution in [3.63, 3.8) is 0 Å². The lowest BCUT2D eigenvalue weighted by Crippen LogP contribution is -2.19. The molecule has 3 aromatic carbocycles. The van der Waals surface area contributed by atoms with Gasteiger partial charge in [0.05, 0.1) is 24.1 Å². The lowest BCUT2D eigenvalue weighted by atomic mass is 10.0. The van der Waals surface area contributed by atoms with Crippen LogP contribution in [0.2, 0.25) is 5.02 Å². The molecule has 4 rings (SSSR count). The molecule has 0 saturated heterocycles. The highest BCUT2D eigenvalue weighted by atomic mass is 35.5. The van der Waals surface area contributed by atoms with Crippen molar-refractivity contribution in [1.82, 2.24) is 15.6 Å². The lowest BCUT2D eigenvalue weighted by molar-refractivity contribution is 0.0950. The van der Waals surface area contributed by atoms with Gasteiger partial charge < -0.3 is 4.74 Å². The van der Waals surface area contributed by atoms with E-state index in [4.69, 9.17) is 16.3 Å². The number of ether oxygens (including phenoxy) is 1. The number of H-pyrrole nitrogens is 1. The maximum Gasteiger partial charge on any atom is 0.289 e. The third-order valence-electron chi connectivity index (χ3n) is 4.78. The summed E-state index contributed by atoms with van der Waals surface area (Å²) >= 11 is 5.91. The summed E-state index contributed by atoms with van der Waals surface area (Å²) < 4.78 is 5.53. The Morgan fingerprint density at radius 2 is 1.87 bits per heavy atom. The molecule has 0 atom stereocenters. The van der Waals surface area contributed by atoms with E-state index in [1.54, 1.807) is 25.3 Å². The summed E-state index contributed by atoms with van der Waals surface area (Å²) in [5.41, 5.74) is 5.83. The first-order valence-electron chi connectivity index (χ1n) is 9.29. The number of nitrogens with one attached hydrogen (secondary N) is 2. The van der Waals surface area contributed by atoms with Crippen molar-refractivity contribution in [2.75, 3.05) is 7.11 Å². The minimum absolute atomic E-state index is 0.299. The number of fused-ring (bicyclic) bond motifs is 1.